The van der Waals surface area contributed by atoms with Crippen LogP contribution in [0.25, 0.3) is 0 Å². The third-order valence-corrected chi connectivity index (χ3v) is 3.78. The summed E-state index contributed by atoms with van der Waals surface area (Å²) in [5, 5.41) is 0. The van der Waals surface area contributed by atoms with Gasteiger partial charge in [0.1, 0.15) is 0 Å². The minimum atomic E-state index is 0.686. The quantitative estimate of drug-likeness (QED) is 0.759. The van der Waals surface area contributed by atoms with Gasteiger partial charge in [-0.05, 0) is 51.2 Å². The molecule has 0 saturated carbocycles. The van der Waals surface area contributed by atoms with E-state index in [2.05, 4.69) is 18.7 Å². The van der Waals surface area contributed by atoms with Gasteiger partial charge in [0.2, 0.25) is 0 Å². The Kier molecular flexibility index (Phi) is 6.26. The van der Waals surface area contributed by atoms with Crippen LogP contribution in [0.5, 0.6) is 0 Å². The monoisotopic (exact) mass is 212 g/mol. The summed E-state index contributed by atoms with van der Waals surface area (Å²) < 4.78 is 0. The van der Waals surface area contributed by atoms with E-state index in [1.165, 1.54) is 51.6 Å². The van der Waals surface area contributed by atoms with Crippen LogP contribution in [0.2, 0.25) is 0 Å². The fraction of sp³-hybridized carbons (Fsp3) is 1.00. The lowest BCUT2D eigenvalue weighted by molar-refractivity contribution is 0.183. The molecule has 1 heterocycles. The van der Waals surface area contributed by atoms with Gasteiger partial charge in [0.15, 0.2) is 0 Å². The van der Waals surface area contributed by atoms with Crippen molar-refractivity contribution < 1.29 is 0 Å². The Labute approximate surface area is 95.2 Å². The Balaban J connectivity index is 2.34. The maximum absolute atomic E-state index is 5.67. The Bertz CT molecular complexity index is 159. The highest BCUT2D eigenvalue weighted by atomic mass is 15.1. The van der Waals surface area contributed by atoms with E-state index < -0.39 is 0 Å². The van der Waals surface area contributed by atoms with Crippen LogP contribution in [0.1, 0.15) is 52.4 Å². The van der Waals surface area contributed by atoms with E-state index in [-0.39, 0.29) is 0 Å². The molecule has 2 atom stereocenters. The number of rotatable bonds is 5. The third kappa shape index (κ3) is 4.52. The topological polar surface area (TPSA) is 29.3 Å². The first-order chi connectivity index (χ1) is 7.27. The molecule has 0 aromatic carbocycles. The van der Waals surface area contributed by atoms with Crippen LogP contribution in [0.15, 0.2) is 0 Å². The van der Waals surface area contributed by atoms with E-state index in [1.54, 1.807) is 0 Å². The first kappa shape index (κ1) is 13.0. The molecule has 0 amide bonds. The van der Waals surface area contributed by atoms with Gasteiger partial charge in [-0.1, -0.05) is 26.7 Å². The fourth-order valence-electron chi connectivity index (χ4n) is 2.50. The molecule has 0 aromatic rings. The van der Waals surface area contributed by atoms with E-state index in [4.69, 9.17) is 5.73 Å². The van der Waals surface area contributed by atoms with Crippen molar-refractivity contribution in [2.45, 2.75) is 58.4 Å². The average molecular weight is 212 g/mol. The van der Waals surface area contributed by atoms with Crippen LogP contribution in [-0.2, 0) is 0 Å². The molecule has 0 aliphatic carbocycles. The maximum atomic E-state index is 5.67. The smallest absolute Gasteiger partial charge is 0.00926 e. The van der Waals surface area contributed by atoms with Gasteiger partial charge in [0.05, 0.1) is 0 Å². The Morgan fingerprint density at radius 1 is 1.33 bits per heavy atom. The molecule has 2 nitrogen and oxygen atoms in total. The molecular formula is C13H28N2. The van der Waals surface area contributed by atoms with Crippen LogP contribution in [0, 0.1) is 5.92 Å². The predicted octanol–water partition coefficient (Wildman–Crippen LogP) is 2.63. The van der Waals surface area contributed by atoms with Gasteiger partial charge in [-0.15, -0.1) is 0 Å². The second kappa shape index (κ2) is 7.24. The van der Waals surface area contributed by atoms with E-state index in [9.17, 15) is 0 Å². The van der Waals surface area contributed by atoms with E-state index in [0.717, 1.165) is 12.6 Å². The van der Waals surface area contributed by atoms with Gasteiger partial charge in [-0.25, -0.2) is 0 Å². The van der Waals surface area contributed by atoms with Crippen LogP contribution in [0.3, 0.4) is 0 Å². The lowest BCUT2D eigenvalue weighted by Crippen LogP contribution is -2.36. The van der Waals surface area contributed by atoms with Crippen LogP contribution < -0.4 is 5.73 Å². The zero-order valence-corrected chi connectivity index (χ0v) is 10.5. The molecular weight excluding hydrogens is 184 g/mol. The molecule has 15 heavy (non-hydrogen) atoms. The van der Waals surface area contributed by atoms with E-state index in [1.807, 2.05) is 0 Å². The molecule has 1 aliphatic rings. The molecule has 2 unspecified atom stereocenters. The summed E-state index contributed by atoms with van der Waals surface area (Å²) in [6.45, 7) is 8.01. The number of nitrogens with zero attached hydrogens (tertiary/aromatic N) is 1. The fourth-order valence-corrected chi connectivity index (χ4v) is 2.50. The molecule has 2 heteroatoms. The van der Waals surface area contributed by atoms with Gasteiger partial charge >= 0.3 is 0 Å². The number of nitrogens with two attached hydrogens (primary N) is 1. The van der Waals surface area contributed by atoms with Crippen molar-refractivity contribution in [3.8, 4) is 0 Å². The summed E-state index contributed by atoms with van der Waals surface area (Å²) in [6, 6.07) is 0.845. The zero-order chi connectivity index (χ0) is 11.1. The molecule has 0 radical (unpaired) electrons. The molecule has 0 bridgehead atoms. The molecule has 1 rings (SSSR count). The van der Waals surface area contributed by atoms with E-state index in [0.29, 0.717) is 5.92 Å². The van der Waals surface area contributed by atoms with Gasteiger partial charge in [0.25, 0.3) is 0 Å². The van der Waals surface area contributed by atoms with Crippen molar-refractivity contribution in [3.05, 3.63) is 0 Å². The summed E-state index contributed by atoms with van der Waals surface area (Å²) in [5.41, 5.74) is 5.67. The average Bonchev–Trinajstić information content (AvgIpc) is 2.50. The Morgan fingerprint density at radius 3 is 2.80 bits per heavy atom. The van der Waals surface area contributed by atoms with Crippen molar-refractivity contribution in [1.29, 1.82) is 0 Å². The highest BCUT2D eigenvalue weighted by Gasteiger charge is 2.19. The largest absolute Gasteiger partial charge is 0.330 e. The Hall–Kier alpha value is -0.0800. The number of hydrogen-bond acceptors (Lipinski definition) is 2. The van der Waals surface area contributed by atoms with Crippen molar-refractivity contribution in [3.63, 3.8) is 0 Å². The Morgan fingerprint density at radius 2 is 2.13 bits per heavy atom. The number of likely N-dealkylation sites (tertiary alicyclic amines) is 1. The highest BCUT2D eigenvalue weighted by Crippen LogP contribution is 2.19. The normalized spacial score (nSPS) is 26.2. The predicted molar refractivity (Wildman–Crippen MR) is 67.0 cm³/mol. The summed E-state index contributed by atoms with van der Waals surface area (Å²) in [4.78, 5) is 2.71. The minimum absolute atomic E-state index is 0.686. The minimum Gasteiger partial charge on any atom is -0.330 e. The first-order valence-corrected chi connectivity index (χ1v) is 6.72. The van der Waals surface area contributed by atoms with Crippen LogP contribution in [0.4, 0.5) is 0 Å². The molecule has 90 valence electrons. The van der Waals surface area contributed by atoms with Gasteiger partial charge in [-0.3, -0.25) is 0 Å². The molecule has 1 fully saturated rings. The van der Waals surface area contributed by atoms with Crippen LogP contribution >= 0.6 is 0 Å². The lowest BCUT2D eigenvalue weighted by Gasteiger charge is -2.29. The molecule has 2 N–H and O–H groups in total. The van der Waals surface area contributed by atoms with Gasteiger partial charge < -0.3 is 10.6 Å². The van der Waals surface area contributed by atoms with Crippen LogP contribution in [-0.4, -0.2) is 30.6 Å². The second-order valence-electron chi connectivity index (χ2n) is 5.08. The summed E-state index contributed by atoms with van der Waals surface area (Å²) in [6.07, 6.45) is 8.26. The molecule has 0 aromatic heterocycles. The second-order valence-corrected chi connectivity index (χ2v) is 5.08. The first-order valence-electron chi connectivity index (χ1n) is 6.72. The summed E-state index contributed by atoms with van der Waals surface area (Å²) >= 11 is 0. The van der Waals surface area contributed by atoms with Gasteiger partial charge in [0, 0.05) is 6.04 Å². The summed E-state index contributed by atoms with van der Waals surface area (Å²) in [5.74, 6) is 0.686. The van der Waals surface area contributed by atoms with Crippen molar-refractivity contribution >= 4 is 0 Å². The standard InChI is InChI=1S/C13H28N2/c1-3-13-7-5-4-6-9-15(13)10-8-12(2)11-14/h12-13H,3-11,14H2,1-2H3. The zero-order valence-electron chi connectivity index (χ0n) is 10.5. The summed E-state index contributed by atoms with van der Waals surface area (Å²) in [7, 11) is 0. The third-order valence-electron chi connectivity index (χ3n) is 3.78. The highest BCUT2D eigenvalue weighted by molar-refractivity contribution is 4.74. The van der Waals surface area contributed by atoms with Crippen molar-refractivity contribution in [1.82, 2.24) is 4.90 Å². The lowest BCUT2D eigenvalue weighted by atomic mass is 10.1. The molecule has 0 spiro atoms. The number of hydrogen-bond donors (Lipinski definition) is 1. The SMILES string of the molecule is CCC1CCCCCN1CCC(C)CN. The molecule has 1 saturated heterocycles. The van der Waals surface area contributed by atoms with Crippen molar-refractivity contribution in [2.75, 3.05) is 19.6 Å². The molecule has 1 aliphatic heterocycles. The van der Waals surface area contributed by atoms with Crippen molar-refractivity contribution in [2.24, 2.45) is 11.7 Å². The maximum Gasteiger partial charge on any atom is 0.00926 e. The van der Waals surface area contributed by atoms with E-state index >= 15 is 0 Å². The van der Waals surface area contributed by atoms with Gasteiger partial charge in [-0.2, -0.15) is 0 Å².